The Bertz CT molecular complexity index is 859. The van der Waals surface area contributed by atoms with E-state index in [1.165, 1.54) is 0 Å². The molecule has 0 aliphatic rings. The molecule has 1 aromatic carbocycles. The van der Waals surface area contributed by atoms with Gasteiger partial charge in [0, 0.05) is 31.1 Å². The van der Waals surface area contributed by atoms with Crippen molar-refractivity contribution >= 4 is 17.6 Å². The van der Waals surface area contributed by atoms with Crippen LogP contribution in [-0.2, 0) is 12.8 Å². The second-order valence-electron chi connectivity index (χ2n) is 5.86. The summed E-state index contributed by atoms with van der Waals surface area (Å²) in [7, 11) is 0. The van der Waals surface area contributed by atoms with Crippen LogP contribution in [0.25, 0.3) is 11.6 Å². The third-order valence-electron chi connectivity index (χ3n) is 3.88. The fourth-order valence-electron chi connectivity index (χ4n) is 2.56. The number of hydrogen-bond donors (Lipinski definition) is 3. The number of nitrogens with zero attached hydrogens (tertiary/aromatic N) is 3. The molecule has 0 saturated heterocycles. The van der Waals surface area contributed by atoms with Crippen LogP contribution in [-0.4, -0.2) is 40.8 Å². The maximum absolute atomic E-state index is 6.19. The topological polar surface area (TPSA) is 91.1 Å². The number of halogens is 1. The largest absolute Gasteiger partial charge is 0.461 e. The average Bonchev–Trinajstić information content (AvgIpc) is 3.35. The maximum atomic E-state index is 6.19. The van der Waals surface area contributed by atoms with Crippen LogP contribution in [0.5, 0.6) is 0 Å². The van der Waals surface area contributed by atoms with Gasteiger partial charge in [0.25, 0.3) is 0 Å². The van der Waals surface area contributed by atoms with E-state index in [4.69, 9.17) is 16.0 Å². The molecule has 0 fully saturated rings. The summed E-state index contributed by atoms with van der Waals surface area (Å²) in [4.78, 5) is 9.01. The number of benzene rings is 1. The lowest BCUT2D eigenvalue weighted by Crippen LogP contribution is -2.38. The van der Waals surface area contributed by atoms with Crippen LogP contribution in [0, 0.1) is 0 Å². The van der Waals surface area contributed by atoms with Gasteiger partial charge >= 0.3 is 0 Å². The van der Waals surface area contributed by atoms with Crippen LogP contribution < -0.4 is 10.6 Å². The summed E-state index contributed by atoms with van der Waals surface area (Å²) in [5.41, 5.74) is 1.12. The minimum Gasteiger partial charge on any atom is -0.461 e. The molecule has 0 bridgehead atoms. The number of aliphatic imine (C=N–C) groups is 1. The molecule has 142 valence electrons. The lowest BCUT2D eigenvalue weighted by Gasteiger charge is -2.11. The molecule has 3 N–H and O–H groups in total. The van der Waals surface area contributed by atoms with Gasteiger partial charge in [-0.25, -0.2) is 4.98 Å². The van der Waals surface area contributed by atoms with Crippen molar-refractivity contribution < 1.29 is 4.42 Å². The Kier molecular flexibility index (Phi) is 6.87. The monoisotopic (exact) mass is 386 g/mol. The Morgan fingerprint density at radius 1 is 1.19 bits per heavy atom. The predicted octanol–water partition coefficient (Wildman–Crippen LogP) is 3.06. The summed E-state index contributed by atoms with van der Waals surface area (Å²) in [5, 5.41) is 14.4. The summed E-state index contributed by atoms with van der Waals surface area (Å²) < 4.78 is 5.29. The lowest BCUT2D eigenvalue weighted by atomic mass is 10.1. The summed E-state index contributed by atoms with van der Waals surface area (Å²) in [6.07, 6.45) is 3.10. The molecule has 8 heteroatoms. The molecule has 0 amide bonds. The first kappa shape index (κ1) is 19.0. The number of furan rings is 1. The van der Waals surface area contributed by atoms with Crippen molar-refractivity contribution in [1.29, 1.82) is 0 Å². The molecule has 0 aliphatic heterocycles. The highest BCUT2D eigenvalue weighted by Crippen LogP contribution is 2.15. The highest BCUT2D eigenvalue weighted by molar-refractivity contribution is 6.31. The van der Waals surface area contributed by atoms with E-state index in [0.29, 0.717) is 24.6 Å². The van der Waals surface area contributed by atoms with E-state index >= 15 is 0 Å². The van der Waals surface area contributed by atoms with Crippen LogP contribution >= 0.6 is 11.6 Å². The van der Waals surface area contributed by atoms with Gasteiger partial charge in [-0.05, 0) is 37.1 Å². The standard InChI is InChI=1S/C19H23ClN6O/c1-2-21-19(22-11-9-14-6-3-4-7-15(14)20)23-12-10-17-24-18(26-25-17)16-8-5-13-27-16/h3-8,13H,2,9-12H2,1H3,(H2,21,22,23)(H,24,25,26). The SMILES string of the molecule is CCNC(=NCCc1nc(-c2ccco2)n[nH]1)NCCc1ccccc1Cl. The molecule has 0 atom stereocenters. The molecule has 0 unspecified atom stereocenters. The van der Waals surface area contributed by atoms with E-state index in [-0.39, 0.29) is 0 Å². The second kappa shape index (κ2) is 9.78. The van der Waals surface area contributed by atoms with Crippen molar-refractivity contribution in [2.75, 3.05) is 19.6 Å². The zero-order valence-corrected chi connectivity index (χ0v) is 16.0. The van der Waals surface area contributed by atoms with Crippen molar-refractivity contribution in [3.8, 4) is 11.6 Å². The van der Waals surface area contributed by atoms with Gasteiger partial charge < -0.3 is 15.1 Å². The molecular weight excluding hydrogens is 364 g/mol. The quantitative estimate of drug-likeness (QED) is 0.409. The van der Waals surface area contributed by atoms with Gasteiger partial charge in [0.2, 0.25) is 5.82 Å². The number of hydrogen-bond acceptors (Lipinski definition) is 4. The lowest BCUT2D eigenvalue weighted by molar-refractivity contribution is 0.577. The third-order valence-corrected chi connectivity index (χ3v) is 4.25. The fourth-order valence-corrected chi connectivity index (χ4v) is 2.79. The first-order valence-corrected chi connectivity index (χ1v) is 9.35. The van der Waals surface area contributed by atoms with Crippen molar-refractivity contribution in [2.45, 2.75) is 19.8 Å². The number of H-pyrrole nitrogens is 1. The van der Waals surface area contributed by atoms with Gasteiger partial charge in [0.05, 0.1) is 6.26 Å². The zero-order valence-electron chi connectivity index (χ0n) is 15.2. The molecule has 0 saturated carbocycles. The normalized spacial score (nSPS) is 11.6. The molecule has 27 heavy (non-hydrogen) atoms. The van der Waals surface area contributed by atoms with Gasteiger partial charge in [-0.2, -0.15) is 5.10 Å². The molecule has 0 aliphatic carbocycles. The number of rotatable bonds is 8. The first-order valence-electron chi connectivity index (χ1n) is 8.97. The average molecular weight is 387 g/mol. The van der Waals surface area contributed by atoms with Crippen molar-refractivity contribution in [2.24, 2.45) is 4.99 Å². The van der Waals surface area contributed by atoms with Gasteiger partial charge in [0.1, 0.15) is 5.82 Å². The molecule has 2 aromatic heterocycles. The van der Waals surface area contributed by atoms with E-state index < -0.39 is 0 Å². The Hall–Kier alpha value is -2.80. The Morgan fingerprint density at radius 2 is 2.07 bits per heavy atom. The summed E-state index contributed by atoms with van der Waals surface area (Å²) in [5.74, 6) is 2.76. The maximum Gasteiger partial charge on any atom is 0.216 e. The van der Waals surface area contributed by atoms with E-state index in [0.717, 1.165) is 41.9 Å². The van der Waals surface area contributed by atoms with Crippen molar-refractivity contribution in [1.82, 2.24) is 25.8 Å². The van der Waals surface area contributed by atoms with E-state index in [1.54, 1.807) is 6.26 Å². The van der Waals surface area contributed by atoms with Crippen LogP contribution in [0.1, 0.15) is 18.3 Å². The number of guanidine groups is 1. The fraction of sp³-hybridized carbons (Fsp3) is 0.316. The van der Waals surface area contributed by atoms with E-state index in [2.05, 4.69) is 30.8 Å². The minimum atomic E-state index is 0.559. The Labute approximate surface area is 163 Å². The number of aromatic nitrogens is 3. The summed E-state index contributed by atoms with van der Waals surface area (Å²) in [6, 6.07) is 11.5. The minimum absolute atomic E-state index is 0.559. The van der Waals surface area contributed by atoms with Crippen LogP contribution in [0.4, 0.5) is 0 Å². The third kappa shape index (κ3) is 5.59. The van der Waals surface area contributed by atoms with Gasteiger partial charge in [-0.3, -0.25) is 10.1 Å². The van der Waals surface area contributed by atoms with Crippen LogP contribution in [0.15, 0.2) is 52.1 Å². The predicted molar refractivity (Wildman–Crippen MR) is 107 cm³/mol. The molecule has 0 spiro atoms. The number of aromatic amines is 1. The van der Waals surface area contributed by atoms with Gasteiger partial charge in [-0.15, -0.1) is 0 Å². The Balaban J connectivity index is 1.49. The molecule has 3 aromatic rings. The highest BCUT2D eigenvalue weighted by atomic mass is 35.5. The van der Waals surface area contributed by atoms with Crippen molar-refractivity contribution in [3.05, 3.63) is 59.1 Å². The van der Waals surface area contributed by atoms with E-state index in [9.17, 15) is 0 Å². The van der Waals surface area contributed by atoms with Crippen LogP contribution in [0.2, 0.25) is 5.02 Å². The molecule has 2 heterocycles. The summed E-state index contributed by atoms with van der Waals surface area (Å²) in [6.45, 7) is 4.18. The van der Waals surface area contributed by atoms with Gasteiger partial charge in [0.15, 0.2) is 11.7 Å². The van der Waals surface area contributed by atoms with Crippen LogP contribution in [0.3, 0.4) is 0 Å². The zero-order chi connectivity index (χ0) is 18.9. The number of nitrogens with one attached hydrogen (secondary N) is 3. The van der Waals surface area contributed by atoms with Gasteiger partial charge in [-0.1, -0.05) is 29.8 Å². The Morgan fingerprint density at radius 3 is 2.85 bits per heavy atom. The molecular formula is C19H23ClN6O. The molecule has 3 rings (SSSR count). The molecule has 7 nitrogen and oxygen atoms in total. The molecule has 0 radical (unpaired) electrons. The second-order valence-corrected chi connectivity index (χ2v) is 6.27. The smallest absolute Gasteiger partial charge is 0.216 e. The summed E-state index contributed by atoms with van der Waals surface area (Å²) >= 11 is 6.19. The highest BCUT2D eigenvalue weighted by Gasteiger charge is 2.08. The first-order chi connectivity index (χ1) is 13.3. The van der Waals surface area contributed by atoms with Crippen molar-refractivity contribution in [3.63, 3.8) is 0 Å². The van der Waals surface area contributed by atoms with E-state index in [1.807, 2.05) is 43.3 Å².